The van der Waals surface area contributed by atoms with Gasteiger partial charge in [-0.3, -0.25) is 8.37 Å². The van der Waals surface area contributed by atoms with Gasteiger partial charge in [0.2, 0.25) is 0 Å². The number of hydrogen-bond acceptors (Lipinski definition) is 3. The zero-order chi connectivity index (χ0) is 16.1. The van der Waals surface area contributed by atoms with Crippen molar-refractivity contribution in [2.24, 2.45) is 0 Å². The predicted molar refractivity (Wildman–Crippen MR) is 79.9 cm³/mol. The summed E-state index contributed by atoms with van der Waals surface area (Å²) >= 11 is -1.98. The van der Waals surface area contributed by atoms with Gasteiger partial charge in [0.1, 0.15) is 11.6 Å². The van der Waals surface area contributed by atoms with E-state index >= 15 is 0 Å². The van der Waals surface area contributed by atoms with Crippen LogP contribution in [0.5, 0.6) is 0 Å². The summed E-state index contributed by atoms with van der Waals surface area (Å²) in [6.07, 6.45) is -1.02. The van der Waals surface area contributed by atoms with Gasteiger partial charge in [0, 0.05) is 0 Å². The first kappa shape index (κ1) is 16.7. The van der Waals surface area contributed by atoms with Crippen molar-refractivity contribution >= 4 is 11.4 Å². The van der Waals surface area contributed by atoms with Crippen LogP contribution in [0.4, 0.5) is 8.78 Å². The SMILES string of the molecule is CC(OS(=O)OC(C)c1ccc(F)cc1)c1ccc(F)cc1. The fourth-order valence-electron chi connectivity index (χ4n) is 1.84. The van der Waals surface area contributed by atoms with Crippen molar-refractivity contribution in [1.82, 2.24) is 0 Å². The molecule has 0 aromatic heterocycles. The minimum Gasteiger partial charge on any atom is -0.261 e. The topological polar surface area (TPSA) is 35.5 Å². The van der Waals surface area contributed by atoms with E-state index in [2.05, 4.69) is 0 Å². The average molecular weight is 326 g/mol. The lowest BCUT2D eigenvalue weighted by atomic mass is 10.1. The van der Waals surface area contributed by atoms with E-state index in [0.29, 0.717) is 11.1 Å². The molecule has 0 saturated heterocycles. The minimum atomic E-state index is -1.98. The summed E-state index contributed by atoms with van der Waals surface area (Å²) in [6, 6.07) is 11.4. The van der Waals surface area contributed by atoms with E-state index in [9.17, 15) is 13.0 Å². The predicted octanol–water partition coefficient (Wildman–Crippen LogP) is 4.40. The van der Waals surface area contributed by atoms with E-state index in [1.807, 2.05) is 0 Å². The van der Waals surface area contributed by atoms with E-state index in [4.69, 9.17) is 8.37 Å². The van der Waals surface area contributed by atoms with E-state index < -0.39 is 23.6 Å². The standard InChI is InChI=1S/C16H16F2O3S/c1-11(13-3-7-15(17)8-4-13)20-22(19)21-12(2)14-5-9-16(18)10-6-14/h3-12H,1-2H3. The summed E-state index contributed by atoms with van der Waals surface area (Å²) in [5, 5.41) is 0. The number of hydrogen-bond donors (Lipinski definition) is 0. The largest absolute Gasteiger partial charge is 0.305 e. The Morgan fingerprint density at radius 3 is 1.41 bits per heavy atom. The van der Waals surface area contributed by atoms with Crippen LogP contribution in [-0.4, -0.2) is 4.21 Å². The molecule has 2 aromatic rings. The highest BCUT2D eigenvalue weighted by Gasteiger charge is 2.15. The van der Waals surface area contributed by atoms with Gasteiger partial charge in [0.15, 0.2) is 0 Å². The van der Waals surface area contributed by atoms with Gasteiger partial charge in [-0.25, -0.2) is 8.78 Å². The summed E-state index contributed by atoms with van der Waals surface area (Å²) < 4.78 is 48.1. The normalized spacial score (nSPS) is 15.3. The third-order valence-electron chi connectivity index (χ3n) is 3.12. The lowest BCUT2D eigenvalue weighted by molar-refractivity contribution is 0.165. The number of halogens is 2. The molecule has 118 valence electrons. The lowest BCUT2D eigenvalue weighted by Gasteiger charge is -2.15. The van der Waals surface area contributed by atoms with Crippen LogP contribution in [0.25, 0.3) is 0 Å². The molecule has 2 rings (SSSR count). The fourth-order valence-corrected chi connectivity index (χ4v) is 2.58. The molecule has 0 aliphatic rings. The zero-order valence-corrected chi connectivity index (χ0v) is 13.0. The van der Waals surface area contributed by atoms with Crippen molar-refractivity contribution in [3.8, 4) is 0 Å². The second kappa shape index (κ2) is 7.58. The van der Waals surface area contributed by atoms with Gasteiger partial charge in [-0.05, 0) is 49.2 Å². The summed E-state index contributed by atoms with van der Waals surface area (Å²) in [5.41, 5.74) is 1.38. The summed E-state index contributed by atoms with van der Waals surface area (Å²) in [4.78, 5) is 0. The zero-order valence-electron chi connectivity index (χ0n) is 12.2. The molecule has 0 amide bonds. The second-order valence-corrected chi connectivity index (χ2v) is 5.58. The average Bonchev–Trinajstić information content (AvgIpc) is 2.48. The lowest BCUT2D eigenvalue weighted by Crippen LogP contribution is -2.09. The molecule has 22 heavy (non-hydrogen) atoms. The van der Waals surface area contributed by atoms with Crippen LogP contribution < -0.4 is 0 Å². The highest BCUT2D eigenvalue weighted by atomic mass is 32.2. The highest BCUT2D eigenvalue weighted by Crippen LogP contribution is 2.23. The van der Waals surface area contributed by atoms with E-state index in [-0.39, 0.29) is 11.6 Å². The number of benzene rings is 2. The quantitative estimate of drug-likeness (QED) is 0.789. The Morgan fingerprint density at radius 2 is 1.09 bits per heavy atom. The number of rotatable bonds is 6. The van der Waals surface area contributed by atoms with Gasteiger partial charge in [-0.15, -0.1) is 0 Å². The van der Waals surface area contributed by atoms with Crippen molar-refractivity contribution < 1.29 is 21.4 Å². The molecule has 0 aliphatic carbocycles. The molecule has 0 fully saturated rings. The van der Waals surface area contributed by atoms with Crippen LogP contribution in [0.2, 0.25) is 0 Å². The molecule has 0 heterocycles. The molecule has 0 radical (unpaired) electrons. The second-order valence-electron chi connectivity index (χ2n) is 4.78. The maximum Gasteiger partial charge on any atom is 0.305 e. The maximum absolute atomic E-state index is 12.8. The van der Waals surface area contributed by atoms with Gasteiger partial charge in [-0.1, -0.05) is 24.3 Å². The smallest absolute Gasteiger partial charge is 0.261 e. The van der Waals surface area contributed by atoms with Gasteiger partial charge in [0.25, 0.3) is 0 Å². The van der Waals surface area contributed by atoms with Crippen LogP contribution in [0.3, 0.4) is 0 Å². The van der Waals surface area contributed by atoms with Gasteiger partial charge < -0.3 is 0 Å². The van der Waals surface area contributed by atoms with Crippen molar-refractivity contribution in [2.45, 2.75) is 26.1 Å². The molecule has 0 aliphatic heterocycles. The fraction of sp³-hybridized carbons (Fsp3) is 0.250. The van der Waals surface area contributed by atoms with Crippen molar-refractivity contribution in [3.05, 3.63) is 71.3 Å². The van der Waals surface area contributed by atoms with Gasteiger partial charge >= 0.3 is 11.4 Å². The van der Waals surface area contributed by atoms with E-state index in [1.54, 1.807) is 38.1 Å². The van der Waals surface area contributed by atoms with Crippen LogP contribution in [0.1, 0.15) is 37.2 Å². The third kappa shape index (κ3) is 4.69. The minimum absolute atomic E-state index is 0.349. The Bertz CT molecular complexity index is 573. The van der Waals surface area contributed by atoms with E-state index in [1.165, 1.54) is 24.3 Å². The van der Waals surface area contributed by atoms with Crippen LogP contribution in [-0.2, 0) is 19.7 Å². The molecule has 6 heteroatoms. The molecule has 2 aromatic carbocycles. The van der Waals surface area contributed by atoms with Crippen LogP contribution in [0, 0.1) is 11.6 Å². The van der Waals surface area contributed by atoms with Gasteiger partial charge in [0.05, 0.1) is 12.2 Å². The third-order valence-corrected chi connectivity index (χ3v) is 4.02. The Hall–Kier alpha value is -1.63. The first-order valence-corrected chi connectivity index (χ1v) is 7.72. The van der Waals surface area contributed by atoms with Gasteiger partial charge in [-0.2, -0.15) is 4.21 Å². The van der Waals surface area contributed by atoms with Crippen molar-refractivity contribution in [1.29, 1.82) is 0 Å². The Balaban J connectivity index is 1.91. The Kier molecular flexibility index (Phi) is 5.76. The Morgan fingerprint density at radius 1 is 0.773 bits per heavy atom. The van der Waals surface area contributed by atoms with Crippen molar-refractivity contribution in [3.63, 3.8) is 0 Å². The van der Waals surface area contributed by atoms with Crippen molar-refractivity contribution in [2.75, 3.05) is 0 Å². The molecular formula is C16H16F2O3S. The monoisotopic (exact) mass is 326 g/mol. The highest BCUT2D eigenvalue weighted by molar-refractivity contribution is 7.75. The molecular weight excluding hydrogens is 310 g/mol. The first-order valence-electron chi connectivity index (χ1n) is 6.72. The molecule has 0 spiro atoms. The molecule has 0 N–H and O–H groups in total. The first-order chi connectivity index (χ1) is 10.5. The van der Waals surface area contributed by atoms with Crippen LogP contribution in [0.15, 0.2) is 48.5 Å². The molecule has 0 bridgehead atoms. The van der Waals surface area contributed by atoms with E-state index in [0.717, 1.165) is 0 Å². The summed E-state index contributed by atoms with van der Waals surface area (Å²) in [6.45, 7) is 3.38. The summed E-state index contributed by atoms with van der Waals surface area (Å²) in [5.74, 6) is -0.698. The molecule has 0 saturated carbocycles. The summed E-state index contributed by atoms with van der Waals surface area (Å²) in [7, 11) is 0. The molecule has 2 atom stereocenters. The Labute approximate surface area is 130 Å². The maximum atomic E-state index is 12.8. The molecule has 3 nitrogen and oxygen atoms in total. The van der Waals surface area contributed by atoms with Crippen LogP contribution >= 0.6 is 0 Å². The molecule has 2 unspecified atom stereocenters.